The molecule has 114 valence electrons. The first-order chi connectivity index (χ1) is 10.1. The van der Waals surface area contributed by atoms with E-state index in [9.17, 15) is 10.2 Å². The third-order valence-corrected chi connectivity index (χ3v) is 4.05. The summed E-state index contributed by atoms with van der Waals surface area (Å²) in [5.41, 5.74) is 3.17. The summed E-state index contributed by atoms with van der Waals surface area (Å²) in [6.07, 6.45) is 6.29. The van der Waals surface area contributed by atoms with Crippen LogP contribution < -0.4 is 10.7 Å². The van der Waals surface area contributed by atoms with E-state index in [2.05, 4.69) is 22.8 Å². The van der Waals surface area contributed by atoms with Gasteiger partial charge in [0, 0.05) is 11.6 Å². The zero-order valence-electron chi connectivity index (χ0n) is 12.0. The van der Waals surface area contributed by atoms with Crippen LogP contribution in [0, 0.1) is 5.92 Å². The maximum atomic E-state index is 9.64. The summed E-state index contributed by atoms with van der Waals surface area (Å²) in [5, 5.41) is 26.8. The molecule has 0 saturated heterocycles. The van der Waals surface area contributed by atoms with Crippen molar-refractivity contribution in [2.24, 2.45) is 11.0 Å². The van der Waals surface area contributed by atoms with E-state index >= 15 is 0 Å². The Morgan fingerprint density at radius 3 is 2.86 bits per heavy atom. The molecule has 1 aromatic carbocycles. The second-order valence-electron chi connectivity index (χ2n) is 5.43. The number of nitrogens with one attached hydrogen (secondary N) is 2. The SMILES string of the molecule is C[C@@H]1CCCC[C@@H]1NC(=S)N/N=C/c1cccc(O)c1O. The van der Waals surface area contributed by atoms with Gasteiger partial charge in [-0.05, 0) is 43.1 Å². The molecule has 5 nitrogen and oxygen atoms in total. The topological polar surface area (TPSA) is 76.9 Å². The van der Waals surface area contributed by atoms with Crippen molar-refractivity contribution in [1.82, 2.24) is 10.7 Å². The Kier molecular flexibility index (Phi) is 5.38. The lowest BCUT2D eigenvalue weighted by Crippen LogP contribution is -2.44. The van der Waals surface area contributed by atoms with Crippen LogP contribution in [0.15, 0.2) is 23.3 Å². The van der Waals surface area contributed by atoms with Crippen molar-refractivity contribution in [3.05, 3.63) is 23.8 Å². The number of benzene rings is 1. The highest BCUT2D eigenvalue weighted by molar-refractivity contribution is 7.80. The van der Waals surface area contributed by atoms with Crippen molar-refractivity contribution in [2.45, 2.75) is 38.6 Å². The highest BCUT2D eigenvalue weighted by atomic mass is 32.1. The molecule has 0 radical (unpaired) electrons. The lowest BCUT2D eigenvalue weighted by molar-refractivity contribution is 0.308. The van der Waals surface area contributed by atoms with Crippen LogP contribution in [0.25, 0.3) is 0 Å². The van der Waals surface area contributed by atoms with E-state index in [1.807, 2.05) is 0 Å². The molecule has 1 saturated carbocycles. The minimum absolute atomic E-state index is 0.171. The fraction of sp³-hybridized carbons (Fsp3) is 0.467. The molecule has 0 amide bonds. The maximum Gasteiger partial charge on any atom is 0.187 e. The van der Waals surface area contributed by atoms with Crippen LogP contribution in [0.4, 0.5) is 0 Å². The molecule has 1 aliphatic rings. The van der Waals surface area contributed by atoms with Crippen LogP contribution >= 0.6 is 12.2 Å². The molecule has 0 aliphatic heterocycles. The van der Waals surface area contributed by atoms with E-state index in [1.165, 1.54) is 31.5 Å². The van der Waals surface area contributed by atoms with Crippen LogP contribution in [0.1, 0.15) is 38.2 Å². The van der Waals surface area contributed by atoms with E-state index in [0.717, 1.165) is 6.42 Å². The van der Waals surface area contributed by atoms with Crippen molar-refractivity contribution in [2.75, 3.05) is 0 Å². The summed E-state index contributed by atoms with van der Waals surface area (Å²) in [6.45, 7) is 2.23. The third-order valence-electron chi connectivity index (χ3n) is 3.84. The van der Waals surface area contributed by atoms with Crippen molar-refractivity contribution in [1.29, 1.82) is 0 Å². The number of hydrazone groups is 1. The van der Waals surface area contributed by atoms with Crippen LogP contribution in [-0.4, -0.2) is 27.6 Å². The van der Waals surface area contributed by atoms with E-state index in [0.29, 0.717) is 22.6 Å². The van der Waals surface area contributed by atoms with Gasteiger partial charge in [0.2, 0.25) is 0 Å². The summed E-state index contributed by atoms with van der Waals surface area (Å²) in [5.74, 6) is 0.246. The molecule has 1 aromatic rings. The van der Waals surface area contributed by atoms with E-state index in [1.54, 1.807) is 12.1 Å². The van der Waals surface area contributed by atoms with Crippen molar-refractivity contribution < 1.29 is 10.2 Å². The van der Waals surface area contributed by atoms with Gasteiger partial charge in [0.1, 0.15) is 0 Å². The summed E-state index contributed by atoms with van der Waals surface area (Å²) >= 11 is 5.21. The largest absolute Gasteiger partial charge is 0.504 e. The summed E-state index contributed by atoms with van der Waals surface area (Å²) in [4.78, 5) is 0. The van der Waals surface area contributed by atoms with E-state index < -0.39 is 0 Å². The van der Waals surface area contributed by atoms with Gasteiger partial charge < -0.3 is 15.5 Å². The molecule has 4 N–H and O–H groups in total. The highest BCUT2D eigenvalue weighted by Crippen LogP contribution is 2.26. The number of hydrogen-bond donors (Lipinski definition) is 4. The molecular formula is C15H21N3O2S. The molecule has 2 rings (SSSR count). The summed E-state index contributed by atoms with van der Waals surface area (Å²) in [7, 11) is 0. The average molecular weight is 307 g/mol. The van der Waals surface area contributed by atoms with Crippen molar-refractivity contribution >= 4 is 23.5 Å². The van der Waals surface area contributed by atoms with Crippen molar-refractivity contribution in [3.63, 3.8) is 0 Å². The standard InChI is InChI=1S/C15H21N3O2S/c1-10-5-2-3-7-12(10)17-15(21)18-16-9-11-6-4-8-13(19)14(11)20/h4,6,8-10,12,19-20H,2-3,5,7H2,1H3,(H2,17,18,21)/b16-9+/t10-,12+/m1/s1. The van der Waals surface area contributed by atoms with Gasteiger partial charge >= 0.3 is 0 Å². The molecule has 0 spiro atoms. The Bertz CT molecular complexity index is 534. The second-order valence-corrected chi connectivity index (χ2v) is 5.83. The molecule has 21 heavy (non-hydrogen) atoms. The van der Waals surface area contributed by atoms with Gasteiger partial charge in [-0.1, -0.05) is 25.8 Å². The van der Waals surface area contributed by atoms with Crippen LogP contribution in [0.3, 0.4) is 0 Å². The molecule has 1 aliphatic carbocycles. The zero-order chi connectivity index (χ0) is 15.2. The molecule has 1 fully saturated rings. The van der Waals surface area contributed by atoms with Crippen LogP contribution in [-0.2, 0) is 0 Å². The molecule has 0 heterocycles. The first-order valence-corrected chi connectivity index (χ1v) is 7.59. The Morgan fingerprint density at radius 1 is 1.33 bits per heavy atom. The number of phenols is 2. The molecule has 0 unspecified atom stereocenters. The lowest BCUT2D eigenvalue weighted by Gasteiger charge is -2.30. The minimum Gasteiger partial charge on any atom is -0.504 e. The minimum atomic E-state index is -0.192. The Labute approximate surface area is 130 Å². The quantitative estimate of drug-likeness (QED) is 0.299. The Balaban J connectivity index is 1.86. The summed E-state index contributed by atoms with van der Waals surface area (Å²) < 4.78 is 0. The van der Waals surface area contributed by atoms with Crippen molar-refractivity contribution in [3.8, 4) is 11.5 Å². The number of aromatic hydroxyl groups is 2. The third kappa shape index (κ3) is 4.32. The number of thiocarbonyl (C=S) groups is 1. The van der Waals surface area contributed by atoms with Gasteiger partial charge in [0.15, 0.2) is 16.6 Å². The van der Waals surface area contributed by atoms with Gasteiger partial charge in [-0.15, -0.1) is 0 Å². The summed E-state index contributed by atoms with van der Waals surface area (Å²) in [6, 6.07) is 5.09. The molecular weight excluding hydrogens is 286 g/mol. The second kappa shape index (κ2) is 7.26. The first-order valence-electron chi connectivity index (χ1n) is 7.18. The van der Waals surface area contributed by atoms with Crippen LogP contribution in [0.5, 0.6) is 11.5 Å². The fourth-order valence-electron chi connectivity index (χ4n) is 2.54. The molecule has 0 aromatic heterocycles. The number of para-hydroxylation sites is 1. The predicted molar refractivity (Wildman–Crippen MR) is 87.7 cm³/mol. The normalized spacial score (nSPS) is 22.1. The average Bonchev–Trinajstić information content (AvgIpc) is 2.46. The Morgan fingerprint density at radius 2 is 2.10 bits per heavy atom. The zero-order valence-corrected chi connectivity index (χ0v) is 12.9. The number of rotatable bonds is 3. The van der Waals surface area contributed by atoms with E-state index in [-0.39, 0.29) is 11.5 Å². The van der Waals surface area contributed by atoms with E-state index in [4.69, 9.17) is 12.2 Å². The number of hydrogen-bond acceptors (Lipinski definition) is 4. The Hall–Kier alpha value is -1.82. The van der Waals surface area contributed by atoms with Gasteiger partial charge in [-0.25, -0.2) is 0 Å². The molecule has 0 bridgehead atoms. The molecule has 6 heteroatoms. The maximum absolute atomic E-state index is 9.64. The fourth-order valence-corrected chi connectivity index (χ4v) is 2.75. The van der Waals surface area contributed by atoms with Gasteiger partial charge in [0.25, 0.3) is 0 Å². The monoisotopic (exact) mass is 307 g/mol. The smallest absolute Gasteiger partial charge is 0.187 e. The van der Waals surface area contributed by atoms with Gasteiger partial charge in [-0.2, -0.15) is 5.10 Å². The van der Waals surface area contributed by atoms with Crippen LogP contribution in [0.2, 0.25) is 0 Å². The predicted octanol–water partition coefficient (Wildman–Crippen LogP) is 2.47. The highest BCUT2D eigenvalue weighted by Gasteiger charge is 2.21. The molecule has 2 atom stereocenters. The first kappa shape index (κ1) is 15.6. The number of phenolic OH excluding ortho intramolecular Hbond substituents is 2. The number of nitrogens with zero attached hydrogens (tertiary/aromatic N) is 1. The van der Waals surface area contributed by atoms with Gasteiger partial charge in [0.05, 0.1) is 6.21 Å². The van der Waals surface area contributed by atoms with Gasteiger partial charge in [-0.3, -0.25) is 5.43 Å². The lowest BCUT2D eigenvalue weighted by atomic mass is 9.86.